The first-order valence-corrected chi connectivity index (χ1v) is 4.44. The molecule has 1 rings (SSSR count). The number of methoxy groups -OCH3 is 1. The van der Waals surface area contributed by atoms with Crippen LogP contribution in [0.3, 0.4) is 0 Å². The van der Waals surface area contributed by atoms with E-state index < -0.39 is 5.41 Å². The van der Waals surface area contributed by atoms with Crippen LogP contribution in [0.15, 0.2) is 11.6 Å². The Kier molecular flexibility index (Phi) is 3.09. The van der Waals surface area contributed by atoms with Gasteiger partial charge in [0.15, 0.2) is 0 Å². The van der Waals surface area contributed by atoms with E-state index in [0.717, 1.165) is 12.0 Å². The molecule has 0 N–H and O–H groups in total. The number of rotatable bonds is 2. The first-order valence-electron chi connectivity index (χ1n) is 4.44. The van der Waals surface area contributed by atoms with Gasteiger partial charge in [-0.3, -0.25) is 4.79 Å². The molecule has 0 saturated carbocycles. The van der Waals surface area contributed by atoms with Crippen LogP contribution in [0.2, 0.25) is 0 Å². The van der Waals surface area contributed by atoms with Crippen molar-refractivity contribution >= 4 is 5.97 Å². The van der Waals surface area contributed by atoms with Crippen molar-refractivity contribution in [2.75, 3.05) is 20.3 Å². The lowest BCUT2D eigenvalue weighted by molar-refractivity contribution is -0.148. The van der Waals surface area contributed by atoms with Crippen molar-refractivity contribution in [3.05, 3.63) is 11.6 Å². The van der Waals surface area contributed by atoms with E-state index in [4.69, 9.17) is 9.47 Å². The van der Waals surface area contributed by atoms with Gasteiger partial charge in [-0.25, -0.2) is 0 Å². The van der Waals surface area contributed by atoms with E-state index in [1.807, 2.05) is 19.9 Å². The van der Waals surface area contributed by atoms with E-state index in [0.29, 0.717) is 13.2 Å². The van der Waals surface area contributed by atoms with Gasteiger partial charge in [-0.2, -0.15) is 0 Å². The molecule has 0 aromatic heterocycles. The molecule has 0 spiro atoms. The zero-order valence-electron chi connectivity index (χ0n) is 8.42. The van der Waals surface area contributed by atoms with Gasteiger partial charge in [0.25, 0.3) is 0 Å². The fraction of sp³-hybridized carbons (Fsp3) is 0.700. The van der Waals surface area contributed by atoms with Crippen molar-refractivity contribution in [2.45, 2.75) is 20.3 Å². The van der Waals surface area contributed by atoms with Crippen molar-refractivity contribution in [1.82, 2.24) is 0 Å². The first-order chi connectivity index (χ1) is 6.09. The Labute approximate surface area is 78.7 Å². The van der Waals surface area contributed by atoms with Crippen LogP contribution in [0.4, 0.5) is 0 Å². The summed E-state index contributed by atoms with van der Waals surface area (Å²) < 4.78 is 9.93. The summed E-state index contributed by atoms with van der Waals surface area (Å²) in [7, 11) is 1.42. The summed E-state index contributed by atoms with van der Waals surface area (Å²) >= 11 is 0. The van der Waals surface area contributed by atoms with Gasteiger partial charge in [0.1, 0.15) is 0 Å². The molecule has 0 atom stereocenters. The lowest BCUT2D eigenvalue weighted by atomic mass is 9.82. The van der Waals surface area contributed by atoms with Crippen LogP contribution in [0.25, 0.3) is 0 Å². The molecule has 0 amide bonds. The lowest BCUT2D eigenvalue weighted by Gasteiger charge is -2.27. The van der Waals surface area contributed by atoms with Gasteiger partial charge in [-0.1, -0.05) is 11.6 Å². The van der Waals surface area contributed by atoms with E-state index in [1.165, 1.54) is 7.11 Å². The average Bonchev–Trinajstić information content (AvgIpc) is 2.18. The Morgan fingerprint density at radius 2 is 2.31 bits per heavy atom. The highest BCUT2D eigenvalue weighted by atomic mass is 16.5. The monoisotopic (exact) mass is 184 g/mol. The highest BCUT2D eigenvalue weighted by molar-refractivity contribution is 5.79. The molecular weight excluding hydrogens is 168 g/mol. The summed E-state index contributed by atoms with van der Waals surface area (Å²) in [5, 5.41) is 0. The molecule has 0 radical (unpaired) electrons. The molecular formula is C10H16O3. The van der Waals surface area contributed by atoms with Crippen molar-refractivity contribution in [2.24, 2.45) is 5.41 Å². The molecule has 0 fully saturated rings. The maximum atomic E-state index is 11.4. The molecule has 0 unspecified atom stereocenters. The summed E-state index contributed by atoms with van der Waals surface area (Å²) in [6, 6.07) is 0. The molecule has 3 nitrogen and oxygen atoms in total. The van der Waals surface area contributed by atoms with Gasteiger partial charge >= 0.3 is 5.97 Å². The number of hydrogen-bond donors (Lipinski definition) is 0. The smallest absolute Gasteiger partial charge is 0.315 e. The maximum absolute atomic E-state index is 11.4. The van der Waals surface area contributed by atoms with Crippen LogP contribution in [-0.4, -0.2) is 26.3 Å². The maximum Gasteiger partial charge on any atom is 0.315 e. The van der Waals surface area contributed by atoms with Crippen molar-refractivity contribution < 1.29 is 14.3 Å². The Morgan fingerprint density at radius 3 is 2.77 bits per heavy atom. The van der Waals surface area contributed by atoms with Crippen molar-refractivity contribution in [1.29, 1.82) is 0 Å². The molecule has 0 bridgehead atoms. The van der Waals surface area contributed by atoms with Gasteiger partial charge in [-0.05, 0) is 20.3 Å². The van der Waals surface area contributed by atoms with E-state index >= 15 is 0 Å². The number of carbonyl (C=O) groups is 1. The van der Waals surface area contributed by atoms with Crippen LogP contribution in [0.1, 0.15) is 20.3 Å². The molecule has 0 aliphatic carbocycles. The topological polar surface area (TPSA) is 35.5 Å². The Bertz CT molecular complexity index is 228. The standard InChI is InChI=1S/C10H16O3/c1-10(2,9(11)12-3)8-4-6-13-7-5-8/h4H,5-7H2,1-3H3. The van der Waals surface area contributed by atoms with Crippen LogP contribution in [0, 0.1) is 5.41 Å². The highest BCUT2D eigenvalue weighted by Gasteiger charge is 2.33. The zero-order valence-corrected chi connectivity index (χ0v) is 8.42. The second-order valence-electron chi connectivity index (χ2n) is 3.67. The van der Waals surface area contributed by atoms with E-state index in [2.05, 4.69) is 0 Å². The molecule has 0 saturated heterocycles. The van der Waals surface area contributed by atoms with E-state index in [1.54, 1.807) is 0 Å². The van der Waals surface area contributed by atoms with Crippen LogP contribution in [-0.2, 0) is 14.3 Å². The third kappa shape index (κ3) is 2.10. The largest absolute Gasteiger partial charge is 0.468 e. The molecule has 1 heterocycles. The van der Waals surface area contributed by atoms with Gasteiger partial charge in [0.2, 0.25) is 0 Å². The summed E-state index contributed by atoms with van der Waals surface area (Å²) in [5.74, 6) is -0.180. The second kappa shape index (κ2) is 3.92. The molecule has 0 aromatic carbocycles. The summed E-state index contributed by atoms with van der Waals surface area (Å²) in [6.45, 7) is 5.08. The third-order valence-electron chi connectivity index (χ3n) is 2.46. The van der Waals surface area contributed by atoms with E-state index in [-0.39, 0.29) is 5.97 Å². The fourth-order valence-electron chi connectivity index (χ4n) is 1.48. The number of ether oxygens (including phenoxy) is 2. The minimum atomic E-state index is -0.501. The van der Waals surface area contributed by atoms with Crippen LogP contribution < -0.4 is 0 Å². The third-order valence-corrected chi connectivity index (χ3v) is 2.46. The van der Waals surface area contributed by atoms with Gasteiger partial charge < -0.3 is 9.47 Å². The lowest BCUT2D eigenvalue weighted by Crippen LogP contribution is -2.30. The first kappa shape index (κ1) is 10.3. The van der Waals surface area contributed by atoms with Gasteiger partial charge in [0.05, 0.1) is 25.7 Å². The number of hydrogen-bond acceptors (Lipinski definition) is 3. The fourth-order valence-corrected chi connectivity index (χ4v) is 1.48. The van der Waals surface area contributed by atoms with Gasteiger partial charge in [0, 0.05) is 0 Å². The quantitative estimate of drug-likeness (QED) is 0.482. The predicted molar refractivity (Wildman–Crippen MR) is 49.3 cm³/mol. The van der Waals surface area contributed by atoms with Gasteiger partial charge in [-0.15, -0.1) is 0 Å². The molecule has 74 valence electrons. The van der Waals surface area contributed by atoms with Crippen LogP contribution >= 0.6 is 0 Å². The highest BCUT2D eigenvalue weighted by Crippen LogP contribution is 2.31. The summed E-state index contributed by atoms with van der Waals surface area (Å²) in [5.41, 5.74) is 0.615. The molecule has 0 aromatic rings. The Balaban J connectivity index is 2.78. The minimum Gasteiger partial charge on any atom is -0.468 e. The average molecular weight is 184 g/mol. The van der Waals surface area contributed by atoms with E-state index in [9.17, 15) is 4.79 Å². The molecule has 1 aliphatic heterocycles. The van der Waals surface area contributed by atoms with Crippen LogP contribution in [0.5, 0.6) is 0 Å². The SMILES string of the molecule is COC(=O)C(C)(C)C1=CCOCC1. The summed E-state index contributed by atoms with van der Waals surface area (Å²) in [6.07, 6.45) is 2.79. The Hall–Kier alpha value is -0.830. The second-order valence-corrected chi connectivity index (χ2v) is 3.67. The number of esters is 1. The van der Waals surface area contributed by atoms with Crippen molar-refractivity contribution in [3.8, 4) is 0 Å². The minimum absolute atomic E-state index is 0.180. The molecule has 1 aliphatic rings. The van der Waals surface area contributed by atoms with Crippen molar-refractivity contribution in [3.63, 3.8) is 0 Å². The predicted octanol–water partition coefficient (Wildman–Crippen LogP) is 1.53. The zero-order chi connectivity index (χ0) is 9.90. The molecule has 3 heteroatoms. The normalized spacial score (nSPS) is 17.9. The summed E-state index contributed by atoms with van der Waals surface area (Å²) in [4.78, 5) is 11.4. The molecule has 13 heavy (non-hydrogen) atoms. The Morgan fingerprint density at radius 1 is 1.62 bits per heavy atom. The number of carbonyl (C=O) groups excluding carboxylic acids is 1.